The van der Waals surface area contributed by atoms with E-state index in [9.17, 15) is 18.0 Å². The van der Waals surface area contributed by atoms with Crippen LogP contribution in [0.4, 0.5) is 13.2 Å². The van der Waals surface area contributed by atoms with E-state index < -0.39 is 17.8 Å². The molecular formula is C15H7F3N4O. The largest absolute Gasteiger partial charge is 0.451 e. The lowest BCUT2D eigenvalue weighted by Crippen LogP contribution is -2.13. The molecule has 0 fully saturated rings. The smallest absolute Gasteiger partial charge is 0.287 e. The molecule has 0 saturated heterocycles. The van der Waals surface area contributed by atoms with Gasteiger partial charge >= 0.3 is 6.18 Å². The Balaban J connectivity index is 1.85. The zero-order chi connectivity index (χ0) is 16.2. The highest BCUT2D eigenvalue weighted by Crippen LogP contribution is 2.38. The number of nitrogens with one attached hydrogen (secondary N) is 1. The average molecular weight is 316 g/mol. The number of carbonyl (C=O) groups excluding carboxylic acids is 1. The van der Waals surface area contributed by atoms with Crippen LogP contribution in [0.25, 0.3) is 22.4 Å². The highest BCUT2D eigenvalue weighted by atomic mass is 19.4. The lowest BCUT2D eigenvalue weighted by molar-refractivity contribution is -0.145. The van der Waals surface area contributed by atoms with Crippen LogP contribution < -0.4 is 0 Å². The first-order chi connectivity index (χ1) is 10.9. The summed E-state index contributed by atoms with van der Waals surface area (Å²) in [6.45, 7) is 0. The molecule has 5 nitrogen and oxygen atoms in total. The normalized spacial score (nSPS) is 13.1. The van der Waals surface area contributed by atoms with E-state index >= 15 is 0 Å². The summed E-state index contributed by atoms with van der Waals surface area (Å²) in [5.74, 6) is -1.85. The predicted octanol–water partition coefficient (Wildman–Crippen LogP) is 3.10. The fraction of sp³-hybridized carbons (Fsp3) is 0.0667. The molecule has 1 N–H and O–H groups in total. The van der Waals surface area contributed by atoms with E-state index in [1.807, 2.05) is 0 Å². The Kier molecular flexibility index (Phi) is 2.65. The molecule has 8 heteroatoms. The van der Waals surface area contributed by atoms with Crippen molar-refractivity contribution < 1.29 is 18.0 Å². The Labute approximate surface area is 127 Å². The SMILES string of the molecule is O=C1c2cc(-c3ccn[nH]3)ccc2-c2cnc(C(F)(F)F)nc21. The molecule has 0 atom stereocenters. The van der Waals surface area contributed by atoms with Crippen molar-refractivity contribution in [3.63, 3.8) is 0 Å². The monoisotopic (exact) mass is 316 g/mol. The van der Waals surface area contributed by atoms with E-state index in [-0.39, 0.29) is 5.69 Å². The molecule has 2 heterocycles. The molecule has 114 valence electrons. The molecule has 0 bridgehead atoms. The minimum absolute atomic E-state index is 0.218. The van der Waals surface area contributed by atoms with Gasteiger partial charge in [-0.3, -0.25) is 9.89 Å². The van der Waals surface area contributed by atoms with Gasteiger partial charge in [0, 0.05) is 29.1 Å². The number of carbonyl (C=O) groups is 1. The van der Waals surface area contributed by atoms with Crippen molar-refractivity contribution in [3.8, 4) is 22.4 Å². The van der Waals surface area contributed by atoms with Crippen LogP contribution in [-0.4, -0.2) is 25.9 Å². The van der Waals surface area contributed by atoms with E-state index in [1.165, 1.54) is 0 Å². The van der Waals surface area contributed by atoms with Crippen LogP contribution in [0.5, 0.6) is 0 Å². The van der Waals surface area contributed by atoms with Crippen molar-refractivity contribution in [2.75, 3.05) is 0 Å². The van der Waals surface area contributed by atoms with E-state index in [0.717, 1.165) is 6.20 Å². The maximum absolute atomic E-state index is 12.7. The van der Waals surface area contributed by atoms with Gasteiger partial charge in [-0.25, -0.2) is 9.97 Å². The number of hydrogen-bond acceptors (Lipinski definition) is 4. The number of halogens is 3. The van der Waals surface area contributed by atoms with Gasteiger partial charge < -0.3 is 0 Å². The molecule has 2 aromatic heterocycles. The first-order valence-electron chi connectivity index (χ1n) is 6.58. The van der Waals surface area contributed by atoms with Crippen molar-refractivity contribution in [1.29, 1.82) is 0 Å². The zero-order valence-electron chi connectivity index (χ0n) is 11.3. The molecule has 0 saturated carbocycles. The molecule has 4 rings (SSSR count). The van der Waals surface area contributed by atoms with Crippen LogP contribution in [0.2, 0.25) is 0 Å². The summed E-state index contributed by atoms with van der Waals surface area (Å²) in [5, 5.41) is 6.60. The Morgan fingerprint density at radius 1 is 1.04 bits per heavy atom. The molecule has 1 aromatic carbocycles. The summed E-state index contributed by atoms with van der Waals surface area (Å²) in [4.78, 5) is 19.1. The Bertz CT molecular complexity index is 932. The van der Waals surface area contributed by atoms with Crippen molar-refractivity contribution >= 4 is 5.78 Å². The average Bonchev–Trinajstić information content (AvgIpc) is 3.14. The van der Waals surface area contributed by atoms with E-state index in [1.54, 1.807) is 30.5 Å². The van der Waals surface area contributed by atoms with Gasteiger partial charge in [0.05, 0.1) is 5.69 Å². The van der Waals surface area contributed by atoms with Crippen molar-refractivity contribution in [2.45, 2.75) is 6.18 Å². The maximum Gasteiger partial charge on any atom is 0.451 e. The minimum Gasteiger partial charge on any atom is -0.287 e. The molecule has 3 aromatic rings. The fourth-order valence-electron chi connectivity index (χ4n) is 2.57. The number of aromatic nitrogens is 4. The van der Waals surface area contributed by atoms with E-state index in [0.29, 0.717) is 27.9 Å². The lowest BCUT2D eigenvalue weighted by Gasteiger charge is -2.05. The number of fused-ring (bicyclic) bond motifs is 3. The first-order valence-corrected chi connectivity index (χ1v) is 6.58. The fourth-order valence-corrected chi connectivity index (χ4v) is 2.57. The summed E-state index contributed by atoms with van der Waals surface area (Å²) in [6, 6.07) is 6.77. The van der Waals surface area contributed by atoms with Gasteiger partial charge in [0.2, 0.25) is 11.6 Å². The highest BCUT2D eigenvalue weighted by Gasteiger charge is 2.38. The number of rotatable bonds is 1. The van der Waals surface area contributed by atoms with Crippen LogP contribution in [-0.2, 0) is 6.18 Å². The Morgan fingerprint density at radius 2 is 1.87 bits per heavy atom. The lowest BCUT2D eigenvalue weighted by atomic mass is 10.0. The van der Waals surface area contributed by atoms with E-state index in [4.69, 9.17) is 0 Å². The first kappa shape index (κ1) is 13.6. The number of H-pyrrole nitrogens is 1. The number of hydrogen-bond donors (Lipinski definition) is 1. The number of aromatic amines is 1. The summed E-state index contributed by atoms with van der Waals surface area (Å²) in [5.41, 5.74) is 2.35. The number of nitrogens with zero attached hydrogens (tertiary/aromatic N) is 3. The van der Waals surface area contributed by atoms with Gasteiger partial charge in [0.1, 0.15) is 5.69 Å². The molecule has 0 spiro atoms. The molecule has 0 radical (unpaired) electrons. The van der Waals surface area contributed by atoms with Gasteiger partial charge in [-0.1, -0.05) is 12.1 Å². The third-order valence-electron chi connectivity index (χ3n) is 3.62. The second-order valence-electron chi connectivity index (χ2n) is 5.01. The topological polar surface area (TPSA) is 71.5 Å². The van der Waals surface area contributed by atoms with Crippen LogP contribution >= 0.6 is 0 Å². The second kappa shape index (κ2) is 4.48. The molecule has 0 aliphatic heterocycles. The van der Waals surface area contributed by atoms with Gasteiger partial charge in [0.25, 0.3) is 0 Å². The summed E-state index contributed by atoms with van der Waals surface area (Å²) >= 11 is 0. The minimum atomic E-state index is -4.69. The number of alkyl halides is 3. The van der Waals surface area contributed by atoms with Gasteiger partial charge in [-0.05, 0) is 17.7 Å². The number of benzene rings is 1. The van der Waals surface area contributed by atoms with Crippen LogP contribution in [0.3, 0.4) is 0 Å². The second-order valence-corrected chi connectivity index (χ2v) is 5.01. The molecular weight excluding hydrogens is 309 g/mol. The zero-order valence-corrected chi connectivity index (χ0v) is 11.3. The van der Waals surface area contributed by atoms with Crippen LogP contribution in [0, 0.1) is 0 Å². The molecule has 23 heavy (non-hydrogen) atoms. The Hall–Kier alpha value is -3.03. The quantitative estimate of drug-likeness (QED) is 0.586. The summed E-state index contributed by atoms with van der Waals surface area (Å²) in [7, 11) is 0. The molecule has 0 amide bonds. The highest BCUT2D eigenvalue weighted by molar-refractivity contribution is 6.20. The third kappa shape index (κ3) is 2.02. The van der Waals surface area contributed by atoms with Crippen molar-refractivity contribution in [2.24, 2.45) is 0 Å². The third-order valence-corrected chi connectivity index (χ3v) is 3.62. The predicted molar refractivity (Wildman–Crippen MR) is 73.5 cm³/mol. The Morgan fingerprint density at radius 3 is 2.57 bits per heavy atom. The summed E-state index contributed by atoms with van der Waals surface area (Å²) in [6.07, 6.45) is -2.07. The van der Waals surface area contributed by atoms with E-state index in [2.05, 4.69) is 20.2 Å². The van der Waals surface area contributed by atoms with Crippen molar-refractivity contribution in [3.05, 3.63) is 53.7 Å². The molecule has 0 unspecified atom stereocenters. The number of ketones is 1. The molecule has 1 aliphatic rings. The van der Waals surface area contributed by atoms with Crippen LogP contribution in [0.1, 0.15) is 21.9 Å². The maximum atomic E-state index is 12.7. The van der Waals surface area contributed by atoms with Gasteiger partial charge in [0.15, 0.2) is 0 Å². The standard InChI is InChI=1S/C15H7F3N4O/c16-15(17,18)14-19-6-10-8-2-1-7(11-3-4-20-22-11)5-9(8)13(23)12(10)21-14/h1-6H,(H,20,22). The van der Waals surface area contributed by atoms with Crippen LogP contribution in [0.15, 0.2) is 36.7 Å². The molecule has 1 aliphatic carbocycles. The summed E-state index contributed by atoms with van der Waals surface area (Å²) < 4.78 is 38.1. The van der Waals surface area contributed by atoms with Crippen molar-refractivity contribution in [1.82, 2.24) is 20.2 Å². The van der Waals surface area contributed by atoms with Gasteiger partial charge in [-0.15, -0.1) is 0 Å². The van der Waals surface area contributed by atoms with Gasteiger partial charge in [-0.2, -0.15) is 18.3 Å².